The maximum Gasteiger partial charge on any atom is 0.0730 e. The van der Waals surface area contributed by atoms with E-state index in [0.29, 0.717) is 5.41 Å². The van der Waals surface area contributed by atoms with Crippen LogP contribution in [-0.4, -0.2) is 12.2 Å². The molecule has 1 heteroatoms. The Hall–Kier alpha value is -0.0400. The third-order valence-corrected chi connectivity index (χ3v) is 3.61. The van der Waals surface area contributed by atoms with E-state index in [-0.39, 0.29) is 5.60 Å². The summed E-state index contributed by atoms with van der Waals surface area (Å²) in [6.07, 6.45) is 7.75. The first-order chi connectivity index (χ1) is 6.52. The fourth-order valence-corrected chi connectivity index (χ4v) is 2.53. The van der Waals surface area contributed by atoms with Crippen molar-refractivity contribution in [3.63, 3.8) is 0 Å². The summed E-state index contributed by atoms with van der Waals surface area (Å²) in [5.41, 5.74) is 0.462. The molecule has 1 aliphatic carbocycles. The molecule has 0 aromatic rings. The van der Waals surface area contributed by atoms with E-state index in [9.17, 15) is 0 Å². The zero-order chi connectivity index (χ0) is 10.7. The van der Waals surface area contributed by atoms with Gasteiger partial charge in [-0.3, -0.25) is 0 Å². The van der Waals surface area contributed by atoms with E-state index in [0.717, 1.165) is 13.0 Å². The Morgan fingerprint density at radius 1 is 1.07 bits per heavy atom. The van der Waals surface area contributed by atoms with Gasteiger partial charge in [-0.05, 0) is 24.7 Å². The second-order valence-electron chi connectivity index (χ2n) is 5.65. The fourth-order valence-electron chi connectivity index (χ4n) is 2.53. The summed E-state index contributed by atoms with van der Waals surface area (Å²) in [4.78, 5) is 0. The molecular formula is C13H26O. The number of hydrogen-bond donors (Lipinski definition) is 0. The molecule has 0 saturated heterocycles. The molecule has 0 unspecified atom stereocenters. The van der Waals surface area contributed by atoms with Crippen molar-refractivity contribution in [3.8, 4) is 0 Å². The van der Waals surface area contributed by atoms with Crippen molar-refractivity contribution in [3.05, 3.63) is 0 Å². The average molecular weight is 198 g/mol. The lowest BCUT2D eigenvalue weighted by atomic mass is 9.68. The first kappa shape index (κ1) is 12.0. The summed E-state index contributed by atoms with van der Waals surface area (Å²) in [6, 6.07) is 0. The molecule has 0 radical (unpaired) electrons. The lowest BCUT2D eigenvalue weighted by molar-refractivity contribution is -0.138. The Kier molecular flexibility index (Phi) is 4.00. The second-order valence-corrected chi connectivity index (χ2v) is 5.65. The van der Waals surface area contributed by atoms with Crippen molar-refractivity contribution in [2.24, 2.45) is 5.41 Å². The molecular weight excluding hydrogens is 172 g/mol. The number of ether oxygens (including phenoxy) is 1. The van der Waals surface area contributed by atoms with Crippen LogP contribution < -0.4 is 0 Å². The molecule has 0 atom stereocenters. The highest BCUT2D eigenvalue weighted by Crippen LogP contribution is 2.44. The largest absolute Gasteiger partial charge is 0.374 e. The summed E-state index contributed by atoms with van der Waals surface area (Å²) in [5, 5.41) is 0. The molecule has 0 spiro atoms. The van der Waals surface area contributed by atoms with Gasteiger partial charge < -0.3 is 4.74 Å². The number of hydrogen-bond acceptors (Lipinski definition) is 1. The first-order valence-corrected chi connectivity index (χ1v) is 6.16. The van der Waals surface area contributed by atoms with Crippen molar-refractivity contribution in [2.45, 2.75) is 71.8 Å². The zero-order valence-electron chi connectivity index (χ0n) is 10.4. The highest BCUT2D eigenvalue weighted by molar-refractivity contribution is 4.94. The highest BCUT2D eigenvalue weighted by Gasteiger charge is 2.43. The normalized spacial score (nSPS) is 22.3. The topological polar surface area (TPSA) is 9.23 Å². The molecule has 1 nitrogen and oxygen atoms in total. The van der Waals surface area contributed by atoms with Gasteiger partial charge in [0.05, 0.1) is 5.60 Å². The molecule has 0 aromatic heterocycles. The summed E-state index contributed by atoms with van der Waals surface area (Å²) in [7, 11) is 0. The highest BCUT2D eigenvalue weighted by atomic mass is 16.5. The molecule has 0 bridgehead atoms. The van der Waals surface area contributed by atoms with Gasteiger partial charge in [-0.2, -0.15) is 0 Å². The van der Waals surface area contributed by atoms with Crippen LogP contribution >= 0.6 is 0 Å². The van der Waals surface area contributed by atoms with Gasteiger partial charge in [-0.1, -0.05) is 47.0 Å². The minimum atomic E-state index is 0.168. The Balaban J connectivity index is 2.67. The van der Waals surface area contributed by atoms with Crippen molar-refractivity contribution in [1.82, 2.24) is 0 Å². The summed E-state index contributed by atoms with van der Waals surface area (Å²) >= 11 is 0. The molecule has 0 aromatic carbocycles. The third kappa shape index (κ3) is 2.50. The van der Waals surface area contributed by atoms with E-state index < -0.39 is 0 Å². The van der Waals surface area contributed by atoms with Crippen LogP contribution in [0.3, 0.4) is 0 Å². The van der Waals surface area contributed by atoms with Gasteiger partial charge in [0.25, 0.3) is 0 Å². The fraction of sp³-hybridized carbons (Fsp3) is 1.00. The van der Waals surface area contributed by atoms with Gasteiger partial charge >= 0.3 is 0 Å². The van der Waals surface area contributed by atoms with Crippen molar-refractivity contribution >= 4 is 0 Å². The standard InChI is InChI=1S/C13H26O/c1-5-11-14-13(12(2,3)4)9-7-6-8-10-13/h5-11H2,1-4H3. The predicted molar refractivity (Wildman–Crippen MR) is 61.5 cm³/mol. The van der Waals surface area contributed by atoms with Gasteiger partial charge in [-0.15, -0.1) is 0 Å². The van der Waals surface area contributed by atoms with Crippen molar-refractivity contribution in [2.75, 3.05) is 6.61 Å². The predicted octanol–water partition coefficient (Wildman–Crippen LogP) is 4.16. The summed E-state index contributed by atoms with van der Waals surface area (Å²) in [5.74, 6) is 0. The smallest absolute Gasteiger partial charge is 0.0730 e. The van der Waals surface area contributed by atoms with Gasteiger partial charge in [0.1, 0.15) is 0 Å². The average Bonchev–Trinajstić information content (AvgIpc) is 2.14. The van der Waals surface area contributed by atoms with Gasteiger partial charge in [0.15, 0.2) is 0 Å². The first-order valence-electron chi connectivity index (χ1n) is 6.16. The van der Waals surface area contributed by atoms with Gasteiger partial charge in [-0.25, -0.2) is 0 Å². The lowest BCUT2D eigenvalue weighted by Gasteiger charge is -2.47. The van der Waals surface area contributed by atoms with Gasteiger partial charge in [0.2, 0.25) is 0 Å². The maximum absolute atomic E-state index is 6.18. The van der Waals surface area contributed by atoms with E-state index >= 15 is 0 Å². The molecule has 1 aliphatic rings. The quantitative estimate of drug-likeness (QED) is 0.661. The van der Waals surface area contributed by atoms with Crippen LogP contribution in [0.1, 0.15) is 66.2 Å². The minimum Gasteiger partial charge on any atom is -0.374 e. The Bertz CT molecular complexity index is 161. The lowest BCUT2D eigenvalue weighted by Crippen LogP contribution is -2.47. The van der Waals surface area contributed by atoms with Crippen LogP contribution in [0.25, 0.3) is 0 Å². The molecule has 84 valence electrons. The molecule has 1 fully saturated rings. The van der Waals surface area contributed by atoms with E-state index in [1.807, 2.05) is 0 Å². The van der Waals surface area contributed by atoms with E-state index in [4.69, 9.17) is 4.74 Å². The van der Waals surface area contributed by atoms with Crippen LogP contribution in [-0.2, 0) is 4.74 Å². The van der Waals surface area contributed by atoms with E-state index in [1.54, 1.807) is 0 Å². The molecule has 0 aliphatic heterocycles. The molecule has 14 heavy (non-hydrogen) atoms. The van der Waals surface area contributed by atoms with Crippen LogP contribution in [0.5, 0.6) is 0 Å². The molecule has 0 amide bonds. The Morgan fingerprint density at radius 2 is 1.64 bits per heavy atom. The SMILES string of the molecule is CCCOC1(C(C)(C)C)CCCCC1. The minimum absolute atomic E-state index is 0.168. The third-order valence-electron chi connectivity index (χ3n) is 3.61. The van der Waals surface area contributed by atoms with E-state index in [2.05, 4.69) is 27.7 Å². The molecule has 1 rings (SSSR count). The Morgan fingerprint density at radius 3 is 2.07 bits per heavy atom. The molecule has 0 N–H and O–H groups in total. The van der Waals surface area contributed by atoms with E-state index in [1.165, 1.54) is 32.1 Å². The van der Waals surface area contributed by atoms with Crippen molar-refractivity contribution < 1.29 is 4.74 Å². The zero-order valence-corrected chi connectivity index (χ0v) is 10.4. The van der Waals surface area contributed by atoms with Gasteiger partial charge in [0, 0.05) is 6.61 Å². The Labute approximate surface area is 89.2 Å². The monoisotopic (exact) mass is 198 g/mol. The molecule has 0 heterocycles. The van der Waals surface area contributed by atoms with Crippen molar-refractivity contribution in [1.29, 1.82) is 0 Å². The van der Waals surface area contributed by atoms with Crippen LogP contribution in [0, 0.1) is 5.41 Å². The summed E-state index contributed by atoms with van der Waals surface area (Å²) < 4.78 is 6.18. The number of rotatable bonds is 3. The maximum atomic E-state index is 6.18. The van der Waals surface area contributed by atoms with Crippen LogP contribution in [0.15, 0.2) is 0 Å². The van der Waals surface area contributed by atoms with Crippen LogP contribution in [0.2, 0.25) is 0 Å². The second kappa shape index (κ2) is 4.65. The van der Waals surface area contributed by atoms with Crippen LogP contribution in [0.4, 0.5) is 0 Å². The molecule has 1 saturated carbocycles. The summed E-state index contributed by atoms with van der Waals surface area (Å²) in [6.45, 7) is 10.1.